The first kappa shape index (κ1) is 32.0. The zero-order chi connectivity index (χ0) is 27.2. The quantitative estimate of drug-likeness (QED) is 0.241. The summed E-state index contributed by atoms with van der Waals surface area (Å²) in [6.45, 7) is 13.3. The van der Waals surface area contributed by atoms with Crippen LogP contribution in [-0.4, -0.2) is 59.6 Å². The summed E-state index contributed by atoms with van der Waals surface area (Å²) in [5.41, 5.74) is 0.207. The van der Waals surface area contributed by atoms with Gasteiger partial charge in [0.1, 0.15) is 12.2 Å². The van der Waals surface area contributed by atoms with E-state index in [1.807, 2.05) is 13.8 Å². The fraction of sp³-hybridized carbons (Fsp3) is 0.680. The molecule has 0 bridgehead atoms. The van der Waals surface area contributed by atoms with E-state index in [9.17, 15) is 19.2 Å². The highest BCUT2D eigenvalue weighted by Gasteiger charge is 2.23. The van der Waals surface area contributed by atoms with Crippen molar-refractivity contribution in [3.63, 3.8) is 0 Å². The van der Waals surface area contributed by atoms with Crippen molar-refractivity contribution in [3.05, 3.63) is 23.3 Å². The lowest BCUT2D eigenvalue weighted by Crippen LogP contribution is -2.37. The van der Waals surface area contributed by atoms with E-state index >= 15 is 0 Å². The van der Waals surface area contributed by atoms with Gasteiger partial charge in [0.2, 0.25) is 0 Å². The largest absolute Gasteiger partial charge is 0.478 e. The smallest absolute Gasteiger partial charge is 0.407 e. The SMILES string of the molecule is CC(=CCC(C)OC(=O)NCCC(C)CC(C)(C)CNC(=O)OC(C)CC=C(C)C(=O)O)C(=O)O. The zero-order valence-corrected chi connectivity index (χ0v) is 22.0. The number of carbonyl (C=O) groups is 4. The standard InChI is InChI=1S/C25H42N2O8/c1-16(12-13-26-23(32)34-19(4)10-8-17(2)21(28)29)14-25(6,7)15-27-24(33)35-20(5)11-9-18(3)22(30)31/h8-9,16,19-20H,10-15H2,1-7H3,(H,26,32)(H,27,33)(H,28,29)(H,30,31). The Labute approximate surface area is 208 Å². The summed E-state index contributed by atoms with van der Waals surface area (Å²) >= 11 is 0. The third-order valence-electron chi connectivity index (χ3n) is 5.32. The second-order valence-electron chi connectivity index (χ2n) is 9.83. The van der Waals surface area contributed by atoms with E-state index in [-0.39, 0.29) is 22.5 Å². The first-order valence-electron chi connectivity index (χ1n) is 11.8. The molecule has 0 spiro atoms. The molecule has 0 aromatic rings. The molecule has 10 heteroatoms. The zero-order valence-electron chi connectivity index (χ0n) is 22.0. The summed E-state index contributed by atoms with van der Waals surface area (Å²) in [5.74, 6) is -1.73. The van der Waals surface area contributed by atoms with Crippen molar-refractivity contribution < 1.29 is 38.9 Å². The molecule has 4 N–H and O–H groups in total. The molecule has 0 radical (unpaired) electrons. The van der Waals surface area contributed by atoms with Gasteiger partial charge in [0.15, 0.2) is 0 Å². The Morgan fingerprint density at radius 3 is 1.69 bits per heavy atom. The molecule has 0 saturated heterocycles. The number of aliphatic carboxylic acids is 2. The Morgan fingerprint density at radius 2 is 1.26 bits per heavy atom. The molecule has 2 amide bonds. The molecule has 0 aromatic carbocycles. The highest BCUT2D eigenvalue weighted by atomic mass is 16.6. The molecule has 0 aliphatic carbocycles. The van der Waals surface area contributed by atoms with Crippen LogP contribution in [-0.2, 0) is 19.1 Å². The summed E-state index contributed by atoms with van der Waals surface area (Å²) in [5, 5.41) is 23.2. The molecule has 200 valence electrons. The minimum Gasteiger partial charge on any atom is -0.478 e. The predicted octanol–water partition coefficient (Wildman–Crippen LogP) is 4.50. The van der Waals surface area contributed by atoms with E-state index in [1.54, 1.807) is 13.8 Å². The number of hydrogen-bond acceptors (Lipinski definition) is 6. The van der Waals surface area contributed by atoms with Crippen LogP contribution in [0.4, 0.5) is 9.59 Å². The molecule has 3 atom stereocenters. The molecule has 0 aliphatic rings. The maximum Gasteiger partial charge on any atom is 0.407 e. The monoisotopic (exact) mass is 498 g/mol. The van der Waals surface area contributed by atoms with Crippen LogP contribution in [0.15, 0.2) is 23.3 Å². The number of nitrogens with one attached hydrogen (secondary N) is 2. The summed E-state index contributed by atoms with van der Waals surface area (Å²) in [6, 6.07) is 0. The van der Waals surface area contributed by atoms with Crippen LogP contribution in [0.25, 0.3) is 0 Å². The first-order valence-corrected chi connectivity index (χ1v) is 11.8. The number of carbonyl (C=O) groups excluding carboxylic acids is 2. The van der Waals surface area contributed by atoms with Gasteiger partial charge in [-0.05, 0) is 51.9 Å². The lowest BCUT2D eigenvalue weighted by Gasteiger charge is -2.28. The van der Waals surface area contributed by atoms with E-state index in [0.29, 0.717) is 25.9 Å². The topological polar surface area (TPSA) is 151 Å². The van der Waals surface area contributed by atoms with Gasteiger partial charge < -0.3 is 30.3 Å². The van der Waals surface area contributed by atoms with Crippen LogP contribution in [0.1, 0.15) is 74.1 Å². The van der Waals surface area contributed by atoms with Crippen molar-refractivity contribution in [2.75, 3.05) is 13.1 Å². The summed E-state index contributed by atoms with van der Waals surface area (Å²) in [4.78, 5) is 45.6. The van der Waals surface area contributed by atoms with Gasteiger partial charge in [0.05, 0.1) is 0 Å². The first-order chi connectivity index (χ1) is 16.1. The normalized spacial score (nSPS) is 14.9. The van der Waals surface area contributed by atoms with Gasteiger partial charge in [-0.2, -0.15) is 0 Å². The highest BCUT2D eigenvalue weighted by Crippen LogP contribution is 2.26. The van der Waals surface area contributed by atoms with Gasteiger partial charge in [0.25, 0.3) is 0 Å². The number of carboxylic acids is 2. The van der Waals surface area contributed by atoms with Crippen molar-refractivity contribution in [1.82, 2.24) is 10.6 Å². The van der Waals surface area contributed by atoms with Crippen LogP contribution in [0.5, 0.6) is 0 Å². The third kappa shape index (κ3) is 16.3. The third-order valence-corrected chi connectivity index (χ3v) is 5.32. The minimum absolute atomic E-state index is 0.204. The Kier molecular flexibility index (Phi) is 14.4. The van der Waals surface area contributed by atoms with E-state index in [4.69, 9.17) is 19.7 Å². The molecular weight excluding hydrogens is 456 g/mol. The predicted molar refractivity (Wildman–Crippen MR) is 132 cm³/mol. The van der Waals surface area contributed by atoms with Crippen LogP contribution in [0.3, 0.4) is 0 Å². The minimum atomic E-state index is -1.00. The Balaban J connectivity index is 4.27. The molecule has 0 fully saturated rings. The fourth-order valence-electron chi connectivity index (χ4n) is 3.25. The van der Waals surface area contributed by atoms with E-state index in [0.717, 1.165) is 12.8 Å². The van der Waals surface area contributed by atoms with Crippen molar-refractivity contribution in [1.29, 1.82) is 0 Å². The number of carboxylic acid groups (broad SMARTS) is 2. The van der Waals surface area contributed by atoms with E-state index < -0.39 is 36.3 Å². The molecule has 35 heavy (non-hydrogen) atoms. The van der Waals surface area contributed by atoms with Crippen LogP contribution >= 0.6 is 0 Å². The average molecular weight is 499 g/mol. The summed E-state index contributed by atoms with van der Waals surface area (Å²) < 4.78 is 10.5. The van der Waals surface area contributed by atoms with Gasteiger partial charge in [-0.15, -0.1) is 0 Å². The number of hydrogen-bond donors (Lipinski definition) is 4. The average Bonchev–Trinajstić information content (AvgIpc) is 2.73. The highest BCUT2D eigenvalue weighted by molar-refractivity contribution is 5.86. The van der Waals surface area contributed by atoms with Crippen LogP contribution < -0.4 is 10.6 Å². The number of rotatable bonds is 15. The molecule has 10 nitrogen and oxygen atoms in total. The van der Waals surface area contributed by atoms with Gasteiger partial charge in [0, 0.05) is 37.1 Å². The molecule has 0 aliphatic heterocycles. The van der Waals surface area contributed by atoms with Crippen LogP contribution in [0, 0.1) is 11.3 Å². The maximum absolute atomic E-state index is 12.1. The van der Waals surface area contributed by atoms with Crippen molar-refractivity contribution >= 4 is 24.1 Å². The Hall–Kier alpha value is -3.04. The van der Waals surface area contributed by atoms with Crippen LogP contribution in [0.2, 0.25) is 0 Å². The van der Waals surface area contributed by atoms with Crippen molar-refractivity contribution in [3.8, 4) is 0 Å². The van der Waals surface area contributed by atoms with E-state index in [2.05, 4.69) is 17.6 Å². The fourth-order valence-corrected chi connectivity index (χ4v) is 3.25. The molecule has 0 heterocycles. The molecule has 0 aromatic heterocycles. The molecule has 3 unspecified atom stereocenters. The second-order valence-corrected chi connectivity index (χ2v) is 9.83. The lowest BCUT2D eigenvalue weighted by molar-refractivity contribution is -0.133. The molecule has 0 saturated carbocycles. The maximum atomic E-state index is 12.1. The summed E-state index contributed by atoms with van der Waals surface area (Å²) in [7, 11) is 0. The second kappa shape index (κ2) is 15.8. The van der Waals surface area contributed by atoms with E-state index in [1.165, 1.54) is 26.0 Å². The van der Waals surface area contributed by atoms with Gasteiger partial charge in [-0.1, -0.05) is 32.9 Å². The number of ether oxygens (including phenoxy) is 2. The molecular formula is C25H42N2O8. The summed E-state index contributed by atoms with van der Waals surface area (Å²) in [6.07, 6.45) is 3.23. The van der Waals surface area contributed by atoms with Gasteiger partial charge in [-0.25, -0.2) is 19.2 Å². The van der Waals surface area contributed by atoms with Gasteiger partial charge in [-0.3, -0.25) is 0 Å². The van der Waals surface area contributed by atoms with Crippen molar-refractivity contribution in [2.45, 2.75) is 86.4 Å². The van der Waals surface area contributed by atoms with Crippen molar-refractivity contribution in [2.24, 2.45) is 11.3 Å². The number of amides is 2. The Morgan fingerprint density at radius 1 is 0.829 bits per heavy atom. The Bertz CT molecular complexity index is 788. The molecule has 0 rings (SSSR count). The lowest BCUT2D eigenvalue weighted by atomic mass is 9.82. The number of alkyl carbamates (subject to hydrolysis) is 2. The van der Waals surface area contributed by atoms with Gasteiger partial charge >= 0.3 is 24.1 Å².